The average Bonchev–Trinajstić information content (AvgIpc) is 2.83. The lowest BCUT2D eigenvalue weighted by molar-refractivity contribution is -0.122. The van der Waals surface area contributed by atoms with Crippen molar-refractivity contribution in [1.29, 1.82) is 0 Å². The standard InChI is InChI=1S/C14H27N3O2/c1-11-3-4-13(19-11)9-16-12-5-7-17(8-6-12)10-14(18)15-2/h11-13,16H,3-10H2,1-2H3,(H,15,18). The summed E-state index contributed by atoms with van der Waals surface area (Å²) in [5, 5.41) is 6.30. The van der Waals surface area contributed by atoms with Crippen molar-refractivity contribution < 1.29 is 9.53 Å². The maximum atomic E-state index is 11.3. The van der Waals surface area contributed by atoms with Crippen LogP contribution in [0.15, 0.2) is 0 Å². The molecule has 0 aromatic rings. The number of rotatable bonds is 5. The predicted molar refractivity (Wildman–Crippen MR) is 75.1 cm³/mol. The fourth-order valence-electron chi connectivity index (χ4n) is 2.91. The van der Waals surface area contributed by atoms with Crippen LogP contribution >= 0.6 is 0 Å². The summed E-state index contributed by atoms with van der Waals surface area (Å²) >= 11 is 0. The molecule has 2 saturated heterocycles. The van der Waals surface area contributed by atoms with Crippen molar-refractivity contribution >= 4 is 5.91 Å². The smallest absolute Gasteiger partial charge is 0.233 e. The summed E-state index contributed by atoms with van der Waals surface area (Å²) in [6, 6.07) is 0.584. The van der Waals surface area contributed by atoms with E-state index in [-0.39, 0.29) is 5.91 Å². The molecule has 0 aromatic heterocycles. The van der Waals surface area contributed by atoms with E-state index in [0.29, 0.717) is 24.8 Å². The molecule has 5 nitrogen and oxygen atoms in total. The third kappa shape index (κ3) is 4.75. The highest BCUT2D eigenvalue weighted by Gasteiger charge is 2.24. The molecule has 0 aromatic carbocycles. The molecule has 0 saturated carbocycles. The van der Waals surface area contributed by atoms with E-state index in [4.69, 9.17) is 4.74 Å². The van der Waals surface area contributed by atoms with E-state index < -0.39 is 0 Å². The van der Waals surface area contributed by atoms with Crippen molar-refractivity contribution in [3.63, 3.8) is 0 Å². The van der Waals surface area contributed by atoms with Gasteiger partial charge in [-0.15, -0.1) is 0 Å². The van der Waals surface area contributed by atoms with Crippen molar-refractivity contribution in [2.24, 2.45) is 0 Å². The van der Waals surface area contributed by atoms with Gasteiger partial charge >= 0.3 is 0 Å². The summed E-state index contributed by atoms with van der Waals surface area (Å²) in [6.45, 7) is 5.67. The second kappa shape index (κ2) is 7.22. The summed E-state index contributed by atoms with van der Waals surface area (Å²) in [6.07, 6.45) is 5.46. The zero-order valence-electron chi connectivity index (χ0n) is 12.2. The van der Waals surface area contributed by atoms with Gasteiger partial charge in [0, 0.05) is 32.7 Å². The highest BCUT2D eigenvalue weighted by atomic mass is 16.5. The number of carbonyl (C=O) groups is 1. The van der Waals surface area contributed by atoms with Crippen LogP contribution in [0.5, 0.6) is 0 Å². The van der Waals surface area contributed by atoms with Crippen molar-refractivity contribution in [2.75, 3.05) is 33.2 Å². The van der Waals surface area contributed by atoms with Gasteiger partial charge in [0.2, 0.25) is 5.91 Å². The molecule has 5 heteroatoms. The molecule has 19 heavy (non-hydrogen) atoms. The fraction of sp³-hybridized carbons (Fsp3) is 0.929. The number of likely N-dealkylation sites (N-methyl/N-ethyl adjacent to an activating group) is 1. The third-order valence-electron chi connectivity index (χ3n) is 4.19. The van der Waals surface area contributed by atoms with E-state index >= 15 is 0 Å². The lowest BCUT2D eigenvalue weighted by Crippen LogP contribution is -2.47. The number of likely N-dealkylation sites (tertiary alicyclic amines) is 1. The fourth-order valence-corrected chi connectivity index (χ4v) is 2.91. The Balaban J connectivity index is 1.59. The van der Waals surface area contributed by atoms with E-state index in [1.165, 1.54) is 12.8 Å². The topological polar surface area (TPSA) is 53.6 Å². The number of nitrogens with zero attached hydrogens (tertiary/aromatic N) is 1. The zero-order valence-corrected chi connectivity index (χ0v) is 12.2. The molecule has 0 aliphatic carbocycles. The van der Waals surface area contributed by atoms with Crippen molar-refractivity contribution in [3.05, 3.63) is 0 Å². The van der Waals surface area contributed by atoms with Gasteiger partial charge in [-0.2, -0.15) is 0 Å². The average molecular weight is 269 g/mol. The van der Waals surface area contributed by atoms with Crippen LogP contribution in [0, 0.1) is 0 Å². The molecular weight excluding hydrogens is 242 g/mol. The van der Waals surface area contributed by atoms with Crippen LogP contribution in [-0.2, 0) is 9.53 Å². The highest BCUT2D eigenvalue weighted by molar-refractivity contribution is 5.77. The van der Waals surface area contributed by atoms with Crippen LogP contribution in [0.1, 0.15) is 32.6 Å². The number of hydrogen-bond donors (Lipinski definition) is 2. The van der Waals surface area contributed by atoms with Gasteiger partial charge in [-0.1, -0.05) is 0 Å². The number of piperidine rings is 1. The predicted octanol–water partition coefficient (Wildman–Crippen LogP) is 0.354. The van der Waals surface area contributed by atoms with Crippen LogP contribution < -0.4 is 10.6 Å². The van der Waals surface area contributed by atoms with Gasteiger partial charge in [-0.3, -0.25) is 9.69 Å². The molecule has 110 valence electrons. The monoisotopic (exact) mass is 269 g/mol. The van der Waals surface area contributed by atoms with Crippen molar-refractivity contribution in [1.82, 2.24) is 15.5 Å². The Kier molecular flexibility index (Phi) is 5.60. The molecule has 2 aliphatic heterocycles. The molecule has 2 unspecified atom stereocenters. The van der Waals surface area contributed by atoms with Crippen LogP contribution in [0.2, 0.25) is 0 Å². The quantitative estimate of drug-likeness (QED) is 0.756. The Hall–Kier alpha value is -0.650. The first-order valence-corrected chi connectivity index (χ1v) is 7.49. The summed E-state index contributed by atoms with van der Waals surface area (Å²) in [5.41, 5.74) is 0. The van der Waals surface area contributed by atoms with E-state index in [1.807, 2.05) is 0 Å². The SMILES string of the molecule is CNC(=O)CN1CCC(NCC2CCC(C)O2)CC1. The molecule has 0 bridgehead atoms. The minimum Gasteiger partial charge on any atom is -0.374 e. The first-order valence-electron chi connectivity index (χ1n) is 7.49. The summed E-state index contributed by atoms with van der Waals surface area (Å²) in [5.74, 6) is 0.111. The first-order chi connectivity index (χ1) is 9.17. The largest absolute Gasteiger partial charge is 0.374 e. The number of carbonyl (C=O) groups excluding carboxylic acids is 1. The van der Waals surface area contributed by atoms with Crippen molar-refractivity contribution in [3.8, 4) is 0 Å². The van der Waals surface area contributed by atoms with Crippen LogP contribution in [0.3, 0.4) is 0 Å². The molecule has 2 fully saturated rings. The Labute approximate surface area is 116 Å². The molecule has 1 amide bonds. The Morgan fingerprint density at radius 3 is 2.58 bits per heavy atom. The maximum absolute atomic E-state index is 11.3. The number of nitrogens with one attached hydrogen (secondary N) is 2. The van der Waals surface area contributed by atoms with E-state index in [1.54, 1.807) is 7.05 Å². The zero-order chi connectivity index (χ0) is 13.7. The van der Waals surface area contributed by atoms with E-state index in [0.717, 1.165) is 32.5 Å². The van der Waals surface area contributed by atoms with Gasteiger partial charge in [-0.05, 0) is 32.6 Å². The van der Waals surface area contributed by atoms with Gasteiger partial charge in [0.25, 0.3) is 0 Å². The number of ether oxygens (including phenoxy) is 1. The van der Waals surface area contributed by atoms with Crippen molar-refractivity contribution in [2.45, 2.75) is 50.9 Å². The van der Waals surface area contributed by atoms with E-state index in [2.05, 4.69) is 22.5 Å². The summed E-state index contributed by atoms with van der Waals surface area (Å²) in [4.78, 5) is 13.5. The lowest BCUT2D eigenvalue weighted by Gasteiger charge is -2.32. The van der Waals surface area contributed by atoms with Crippen LogP contribution in [0.4, 0.5) is 0 Å². The molecule has 2 heterocycles. The molecule has 2 atom stereocenters. The summed E-state index contributed by atoms with van der Waals surface area (Å²) in [7, 11) is 1.69. The Bertz CT molecular complexity index is 290. The summed E-state index contributed by atoms with van der Waals surface area (Å²) < 4.78 is 5.81. The Morgan fingerprint density at radius 2 is 2.00 bits per heavy atom. The first kappa shape index (κ1) is 14.8. The number of hydrogen-bond acceptors (Lipinski definition) is 4. The molecule has 2 aliphatic rings. The third-order valence-corrected chi connectivity index (χ3v) is 4.19. The molecule has 2 N–H and O–H groups in total. The van der Waals surface area contributed by atoms with Gasteiger partial charge < -0.3 is 15.4 Å². The minimum absolute atomic E-state index is 0.111. The normalized spacial score (nSPS) is 29.6. The second-order valence-corrected chi connectivity index (χ2v) is 5.78. The minimum atomic E-state index is 0.111. The van der Waals surface area contributed by atoms with Gasteiger partial charge in [0.05, 0.1) is 18.8 Å². The van der Waals surface area contributed by atoms with E-state index in [9.17, 15) is 4.79 Å². The van der Waals surface area contributed by atoms with Gasteiger partial charge in [0.1, 0.15) is 0 Å². The lowest BCUT2D eigenvalue weighted by atomic mass is 10.0. The second-order valence-electron chi connectivity index (χ2n) is 5.78. The molecule has 0 spiro atoms. The Morgan fingerprint density at radius 1 is 1.26 bits per heavy atom. The van der Waals surface area contributed by atoms with Gasteiger partial charge in [-0.25, -0.2) is 0 Å². The molecule has 2 rings (SSSR count). The highest BCUT2D eigenvalue weighted by Crippen LogP contribution is 2.19. The van der Waals surface area contributed by atoms with Crippen LogP contribution in [0.25, 0.3) is 0 Å². The molecular formula is C14H27N3O2. The van der Waals surface area contributed by atoms with Gasteiger partial charge in [0.15, 0.2) is 0 Å². The number of amides is 1. The maximum Gasteiger partial charge on any atom is 0.233 e. The van der Waals surface area contributed by atoms with Crippen LogP contribution in [-0.4, -0.2) is 62.3 Å². The molecule has 0 radical (unpaired) electrons.